The molecule has 0 spiro atoms. The van der Waals surface area contributed by atoms with E-state index in [-0.39, 0.29) is 4.90 Å². The Hall–Kier alpha value is -1.36. The standard InChI is InChI=1S/C13H12ClNO2S/c1-15(14)18(16,17)13-9-5-8-12(10-13)11-6-3-2-4-7-11/h2-10H,1H3. The third-order valence-corrected chi connectivity index (χ3v) is 4.63. The zero-order valence-electron chi connectivity index (χ0n) is 9.75. The van der Waals surface area contributed by atoms with E-state index in [1.54, 1.807) is 12.1 Å². The summed E-state index contributed by atoms with van der Waals surface area (Å²) in [5.74, 6) is 0. The van der Waals surface area contributed by atoms with Gasteiger partial charge < -0.3 is 0 Å². The molecule has 0 heterocycles. The maximum absolute atomic E-state index is 11.9. The number of nitrogens with zero attached hydrogens (tertiary/aromatic N) is 1. The van der Waals surface area contributed by atoms with Gasteiger partial charge in [-0.25, -0.2) is 8.42 Å². The van der Waals surface area contributed by atoms with Gasteiger partial charge >= 0.3 is 0 Å². The Morgan fingerprint density at radius 1 is 0.944 bits per heavy atom. The minimum absolute atomic E-state index is 0.182. The summed E-state index contributed by atoms with van der Waals surface area (Å²) < 4.78 is 24.5. The topological polar surface area (TPSA) is 37.4 Å². The van der Waals surface area contributed by atoms with Crippen molar-refractivity contribution in [3.05, 3.63) is 54.6 Å². The van der Waals surface area contributed by atoms with E-state index in [1.165, 1.54) is 13.1 Å². The maximum Gasteiger partial charge on any atom is 0.256 e. The molecule has 0 radical (unpaired) electrons. The minimum atomic E-state index is -3.61. The van der Waals surface area contributed by atoms with Crippen LogP contribution in [0.1, 0.15) is 0 Å². The number of halogens is 1. The van der Waals surface area contributed by atoms with Crippen LogP contribution in [0.15, 0.2) is 59.5 Å². The summed E-state index contributed by atoms with van der Waals surface area (Å²) in [5.41, 5.74) is 1.81. The lowest BCUT2D eigenvalue weighted by Crippen LogP contribution is -2.17. The van der Waals surface area contributed by atoms with Crippen molar-refractivity contribution in [2.45, 2.75) is 4.90 Å². The predicted octanol–water partition coefficient (Wildman–Crippen LogP) is 3.13. The van der Waals surface area contributed by atoms with Crippen LogP contribution in [0.5, 0.6) is 0 Å². The normalized spacial score (nSPS) is 11.7. The van der Waals surface area contributed by atoms with Crippen molar-refractivity contribution in [2.75, 3.05) is 7.05 Å². The van der Waals surface area contributed by atoms with Crippen LogP contribution in [0.4, 0.5) is 0 Å². The SMILES string of the molecule is CN(Cl)S(=O)(=O)c1cccc(-c2ccccc2)c1. The highest BCUT2D eigenvalue weighted by Gasteiger charge is 2.19. The van der Waals surface area contributed by atoms with Gasteiger partial charge in [-0.15, -0.1) is 3.82 Å². The molecule has 0 aliphatic carbocycles. The van der Waals surface area contributed by atoms with Crippen molar-refractivity contribution in [1.82, 2.24) is 3.82 Å². The van der Waals surface area contributed by atoms with Crippen molar-refractivity contribution in [3.63, 3.8) is 0 Å². The molecular weight excluding hydrogens is 270 g/mol. The van der Waals surface area contributed by atoms with Crippen molar-refractivity contribution in [1.29, 1.82) is 0 Å². The lowest BCUT2D eigenvalue weighted by atomic mass is 10.1. The first-order chi connectivity index (χ1) is 8.51. The summed E-state index contributed by atoms with van der Waals surface area (Å²) in [7, 11) is -2.31. The highest BCUT2D eigenvalue weighted by Crippen LogP contribution is 2.24. The molecule has 0 atom stereocenters. The van der Waals surface area contributed by atoms with Gasteiger partial charge in [0.2, 0.25) is 0 Å². The van der Waals surface area contributed by atoms with Crippen LogP contribution in [-0.4, -0.2) is 19.3 Å². The number of hydrogen-bond acceptors (Lipinski definition) is 2. The summed E-state index contributed by atoms with van der Waals surface area (Å²) in [5, 5.41) is 0. The predicted molar refractivity (Wildman–Crippen MR) is 72.7 cm³/mol. The third kappa shape index (κ3) is 2.56. The van der Waals surface area contributed by atoms with E-state index in [0.29, 0.717) is 3.82 Å². The first-order valence-corrected chi connectivity index (χ1v) is 7.10. The molecule has 5 heteroatoms. The molecule has 0 unspecified atom stereocenters. The van der Waals surface area contributed by atoms with Gasteiger partial charge in [0.05, 0.1) is 4.90 Å². The van der Waals surface area contributed by atoms with Gasteiger partial charge in [0.1, 0.15) is 0 Å². The molecule has 0 aliphatic heterocycles. The lowest BCUT2D eigenvalue weighted by molar-refractivity contribution is 0.561. The smallest absolute Gasteiger partial charge is 0.206 e. The average molecular weight is 282 g/mol. The van der Waals surface area contributed by atoms with Gasteiger partial charge in [0.15, 0.2) is 0 Å². The first kappa shape index (κ1) is 13.1. The largest absolute Gasteiger partial charge is 0.256 e. The van der Waals surface area contributed by atoms with E-state index in [1.807, 2.05) is 36.4 Å². The molecule has 0 saturated heterocycles. The molecule has 0 aromatic heterocycles. The zero-order valence-corrected chi connectivity index (χ0v) is 11.3. The van der Waals surface area contributed by atoms with Crippen LogP contribution in [0.25, 0.3) is 11.1 Å². The summed E-state index contributed by atoms with van der Waals surface area (Å²) in [6.45, 7) is 0. The molecule has 3 nitrogen and oxygen atoms in total. The highest BCUT2D eigenvalue weighted by atomic mass is 35.5. The molecule has 0 aliphatic rings. The fraction of sp³-hybridized carbons (Fsp3) is 0.0769. The Morgan fingerprint density at radius 2 is 1.56 bits per heavy atom. The summed E-state index contributed by atoms with van der Waals surface area (Å²) in [6, 6.07) is 16.3. The monoisotopic (exact) mass is 281 g/mol. The van der Waals surface area contributed by atoms with Gasteiger partial charge in [0, 0.05) is 7.05 Å². The molecule has 0 saturated carbocycles. The van der Waals surface area contributed by atoms with E-state index in [4.69, 9.17) is 11.8 Å². The van der Waals surface area contributed by atoms with Crippen LogP contribution in [0, 0.1) is 0 Å². The molecule has 0 amide bonds. The Kier molecular flexibility index (Phi) is 3.71. The molecule has 18 heavy (non-hydrogen) atoms. The van der Waals surface area contributed by atoms with Gasteiger partial charge in [-0.1, -0.05) is 42.5 Å². The molecule has 0 fully saturated rings. The number of benzene rings is 2. The van der Waals surface area contributed by atoms with Gasteiger partial charge in [0.25, 0.3) is 10.0 Å². The molecule has 0 bridgehead atoms. The highest BCUT2D eigenvalue weighted by molar-refractivity contribution is 7.90. The van der Waals surface area contributed by atoms with Crippen LogP contribution in [0.2, 0.25) is 0 Å². The van der Waals surface area contributed by atoms with E-state index in [9.17, 15) is 8.42 Å². The Bertz CT molecular complexity index is 639. The van der Waals surface area contributed by atoms with E-state index in [2.05, 4.69) is 0 Å². The van der Waals surface area contributed by atoms with Crippen molar-refractivity contribution < 1.29 is 8.42 Å². The fourth-order valence-electron chi connectivity index (χ4n) is 1.61. The Balaban J connectivity index is 2.50. The molecule has 94 valence electrons. The van der Waals surface area contributed by atoms with Crippen molar-refractivity contribution in [3.8, 4) is 11.1 Å². The third-order valence-electron chi connectivity index (χ3n) is 2.57. The molecule has 2 aromatic rings. The molecular formula is C13H12ClNO2S. The second-order valence-electron chi connectivity index (χ2n) is 3.79. The van der Waals surface area contributed by atoms with Gasteiger partial charge in [-0.3, -0.25) is 0 Å². The van der Waals surface area contributed by atoms with Crippen molar-refractivity contribution in [2.24, 2.45) is 0 Å². The van der Waals surface area contributed by atoms with E-state index >= 15 is 0 Å². The zero-order chi connectivity index (χ0) is 13.2. The van der Waals surface area contributed by atoms with Crippen LogP contribution in [-0.2, 0) is 10.0 Å². The number of sulfonamides is 1. The first-order valence-electron chi connectivity index (χ1n) is 5.32. The minimum Gasteiger partial charge on any atom is -0.206 e. The lowest BCUT2D eigenvalue weighted by Gasteiger charge is -2.10. The number of hydrogen-bond donors (Lipinski definition) is 0. The Morgan fingerprint density at radius 3 is 2.17 bits per heavy atom. The maximum atomic E-state index is 11.9. The number of rotatable bonds is 3. The Labute approximate surface area is 112 Å². The van der Waals surface area contributed by atoms with E-state index in [0.717, 1.165) is 11.1 Å². The van der Waals surface area contributed by atoms with Gasteiger partial charge in [-0.2, -0.15) is 0 Å². The van der Waals surface area contributed by atoms with E-state index < -0.39 is 10.0 Å². The second kappa shape index (κ2) is 5.10. The summed E-state index contributed by atoms with van der Waals surface area (Å²) in [6.07, 6.45) is 0. The summed E-state index contributed by atoms with van der Waals surface area (Å²) >= 11 is 5.55. The fourth-order valence-corrected chi connectivity index (χ4v) is 2.67. The quantitative estimate of drug-likeness (QED) is 0.811. The van der Waals surface area contributed by atoms with Crippen molar-refractivity contribution >= 4 is 21.8 Å². The van der Waals surface area contributed by atoms with Crippen LogP contribution >= 0.6 is 11.8 Å². The second-order valence-corrected chi connectivity index (χ2v) is 6.47. The average Bonchev–Trinajstić information content (AvgIpc) is 2.40. The molecule has 2 rings (SSSR count). The summed E-state index contributed by atoms with van der Waals surface area (Å²) in [4.78, 5) is 0.182. The molecule has 0 N–H and O–H groups in total. The molecule has 2 aromatic carbocycles. The van der Waals surface area contributed by atoms with Crippen LogP contribution < -0.4 is 0 Å². The van der Waals surface area contributed by atoms with Gasteiger partial charge in [-0.05, 0) is 35.0 Å². The van der Waals surface area contributed by atoms with Crippen LogP contribution in [0.3, 0.4) is 0 Å².